The minimum atomic E-state index is 0.608. The molecule has 0 bridgehead atoms. The molecule has 0 spiro atoms. The summed E-state index contributed by atoms with van der Waals surface area (Å²) in [7, 11) is 0. The van der Waals surface area contributed by atoms with Gasteiger partial charge in [-0.1, -0.05) is 26.3 Å². The van der Waals surface area contributed by atoms with Crippen LogP contribution in [-0.2, 0) is 0 Å². The SMILES string of the molecule is CCC(C)C1CN(c2cc(C)ccc2Br)CCN1. The Labute approximate surface area is 119 Å². The smallest absolute Gasteiger partial charge is 0.0514 e. The summed E-state index contributed by atoms with van der Waals surface area (Å²) in [5.74, 6) is 0.733. The Kier molecular flexibility index (Phi) is 4.68. The Morgan fingerprint density at radius 3 is 3.00 bits per heavy atom. The number of aryl methyl sites for hydroxylation is 1. The van der Waals surface area contributed by atoms with E-state index in [1.165, 1.54) is 22.1 Å². The maximum Gasteiger partial charge on any atom is 0.0514 e. The third-order valence-electron chi connectivity index (χ3n) is 3.98. The predicted octanol–water partition coefficient (Wildman–Crippen LogP) is 3.58. The van der Waals surface area contributed by atoms with Crippen molar-refractivity contribution in [2.45, 2.75) is 33.2 Å². The zero-order valence-electron chi connectivity index (χ0n) is 11.5. The third-order valence-corrected chi connectivity index (χ3v) is 4.65. The molecule has 18 heavy (non-hydrogen) atoms. The van der Waals surface area contributed by atoms with Crippen molar-refractivity contribution in [3.8, 4) is 0 Å². The number of nitrogens with zero attached hydrogens (tertiary/aromatic N) is 1. The third kappa shape index (κ3) is 3.07. The van der Waals surface area contributed by atoms with Gasteiger partial charge in [0.25, 0.3) is 0 Å². The molecule has 1 fully saturated rings. The second-order valence-corrected chi connectivity index (χ2v) is 6.20. The first kappa shape index (κ1) is 13.9. The van der Waals surface area contributed by atoms with E-state index < -0.39 is 0 Å². The second kappa shape index (κ2) is 6.07. The average molecular weight is 311 g/mol. The van der Waals surface area contributed by atoms with Gasteiger partial charge in [0, 0.05) is 30.1 Å². The molecule has 2 atom stereocenters. The predicted molar refractivity (Wildman–Crippen MR) is 82.3 cm³/mol. The van der Waals surface area contributed by atoms with E-state index in [1.807, 2.05) is 0 Å². The van der Waals surface area contributed by atoms with Gasteiger partial charge in [0.2, 0.25) is 0 Å². The molecule has 100 valence electrons. The summed E-state index contributed by atoms with van der Waals surface area (Å²) in [4.78, 5) is 2.50. The number of nitrogens with one attached hydrogen (secondary N) is 1. The lowest BCUT2D eigenvalue weighted by atomic mass is 9.97. The van der Waals surface area contributed by atoms with E-state index in [0.717, 1.165) is 25.6 Å². The first-order valence-electron chi connectivity index (χ1n) is 6.86. The molecule has 1 aromatic carbocycles. The molecule has 1 heterocycles. The fraction of sp³-hybridized carbons (Fsp3) is 0.600. The first-order chi connectivity index (χ1) is 8.61. The van der Waals surface area contributed by atoms with E-state index in [4.69, 9.17) is 0 Å². The molecular formula is C15H23BrN2. The molecule has 1 aromatic rings. The van der Waals surface area contributed by atoms with Crippen molar-refractivity contribution < 1.29 is 0 Å². The maximum absolute atomic E-state index is 3.68. The summed E-state index contributed by atoms with van der Waals surface area (Å²) < 4.78 is 1.21. The van der Waals surface area contributed by atoms with Gasteiger partial charge in [0.1, 0.15) is 0 Å². The molecule has 0 radical (unpaired) electrons. The van der Waals surface area contributed by atoms with Gasteiger partial charge in [0.05, 0.1) is 5.69 Å². The van der Waals surface area contributed by atoms with Crippen molar-refractivity contribution >= 4 is 21.6 Å². The van der Waals surface area contributed by atoms with Crippen LogP contribution in [0.1, 0.15) is 25.8 Å². The molecule has 0 saturated carbocycles. The molecule has 3 heteroatoms. The van der Waals surface area contributed by atoms with Gasteiger partial charge in [-0.15, -0.1) is 0 Å². The monoisotopic (exact) mass is 310 g/mol. The second-order valence-electron chi connectivity index (χ2n) is 5.35. The normalized spacial score (nSPS) is 22.0. The fourth-order valence-electron chi connectivity index (χ4n) is 2.53. The van der Waals surface area contributed by atoms with Gasteiger partial charge in [-0.2, -0.15) is 0 Å². The minimum Gasteiger partial charge on any atom is -0.368 e. The van der Waals surface area contributed by atoms with Gasteiger partial charge in [-0.25, -0.2) is 0 Å². The van der Waals surface area contributed by atoms with Crippen LogP contribution >= 0.6 is 15.9 Å². The summed E-state index contributed by atoms with van der Waals surface area (Å²) in [6.07, 6.45) is 1.24. The first-order valence-corrected chi connectivity index (χ1v) is 7.65. The molecule has 0 amide bonds. The molecule has 0 aromatic heterocycles. The largest absolute Gasteiger partial charge is 0.368 e. The Hall–Kier alpha value is -0.540. The fourth-order valence-corrected chi connectivity index (χ4v) is 3.03. The van der Waals surface area contributed by atoms with Crippen molar-refractivity contribution in [2.75, 3.05) is 24.5 Å². The zero-order chi connectivity index (χ0) is 13.1. The zero-order valence-corrected chi connectivity index (χ0v) is 13.1. The lowest BCUT2D eigenvalue weighted by molar-refractivity contribution is 0.341. The molecule has 1 N–H and O–H groups in total. The minimum absolute atomic E-state index is 0.608. The van der Waals surface area contributed by atoms with E-state index in [2.05, 4.69) is 65.1 Å². The molecule has 2 nitrogen and oxygen atoms in total. The van der Waals surface area contributed by atoms with E-state index >= 15 is 0 Å². The molecular weight excluding hydrogens is 288 g/mol. The lowest BCUT2D eigenvalue weighted by Gasteiger charge is -2.38. The quantitative estimate of drug-likeness (QED) is 0.918. The van der Waals surface area contributed by atoms with Crippen LogP contribution in [-0.4, -0.2) is 25.7 Å². The van der Waals surface area contributed by atoms with Crippen LogP contribution in [0.3, 0.4) is 0 Å². The number of hydrogen-bond acceptors (Lipinski definition) is 2. The topological polar surface area (TPSA) is 15.3 Å². The van der Waals surface area contributed by atoms with Crippen molar-refractivity contribution in [3.63, 3.8) is 0 Å². The van der Waals surface area contributed by atoms with Crippen molar-refractivity contribution in [1.82, 2.24) is 5.32 Å². The average Bonchev–Trinajstić information content (AvgIpc) is 2.40. The van der Waals surface area contributed by atoms with Crippen molar-refractivity contribution in [2.24, 2.45) is 5.92 Å². The van der Waals surface area contributed by atoms with Crippen LogP contribution in [0.25, 0.3) is 0 Å². The highest BCUT2D eigenvalue weighted by atomic mass is 79.9. The molecule has 1 aliphatic rings. The van der Waals surface area contributed by atoms with E-state index in [-0.39, 0.29) is 0 Å². The highest BCUT2D eigenvalue weighted by molar-refractivity contribution is 9.10. The molecule has 1 saturated heterocycles. The molecule has 2 unspecified atom stereocenters. The van der Waals surface area contributed by atoms with Gasteiger partial charge >= 0.3 is 0 Å². The van der Waals surface area contributed by atoms with E-state index in [1.54, 1.807) is 0 Å². The number of rotatable bonds is 3. The van der Waals surface area contributed by atoms with Crippen LogP contribution in [0.2, 0.25) is 0 Å². The lowest BCUT2D eigenvalue weighted by Crippen LogP contribution is -2.53. The summed E-state index contributed by atoms with van der Waals surface area (Å²) in [5, 5.41) is 3.65. The van der Waals surface area contributed by atoms with Crippen LogP contribution < -0.4 is 10.2 Å². The number of benzene rings is 1. The number of halogens is 1. The highest BCUT2D eigenvalue weighted by Gasteiger charge is 2.24. The van der Waals surface area contributed by atoms with Gasteiger partial charge < -0.3 is 10.2 Å². The Bertz CT molecular complexity index is 405. The molecule has 0 aliphatic carbocycles. The van der Waals surface area contributed by atoms with Gasteiger partial charge in [0.15, 0.2) is 0 Å². The van der Waals surface area contributed by atoms with E-state index in [9.17, 15) is 0 Å². The van der Waals surface area contributed by atoms with Crippen LogP contribution in [0, 0.1) is 12.8 Å². The van der Waals surface area contributed by atoms with Crippen molar-refractivity contribution in [1.29, 1.82) is 0 Å². The van der Waals surface area contributed by atoms with Gasteiger partial charge in [-0.3, -0.25) is 0 Å². The van der Waals surface area contributed by atoms with Crippen LogP contribution in [0.15, 0.2) is 22.7 Å². The summed E-state index contributed by atoms with van der Waals surface area (Å²) in [6.45, 7) is 10.0. The summed E-state index contributed by atoms with van der Waals surface area (Å²) >= 11 is 3.68. The van der Waals surface area contributed by atoms with Gasteiger partial charge in [-0.05, 0) is 46.5 Å². The molecule has 1 aliphatic heterocycles. The molecule has 2 rings (SSSR count). The number of anilines is 1. The van der Waals surface area contributed by atoms with Crippen molar-refractivity contribution in [3.05, 3.63) is 28.2 Å². The summed E-state index contributed by atoms with van der Waals surface area (Å²) in [6, 6.07) is 7.20. The standard InChI is InChI=1S/C15H23BrN2/c1-4-12(3)14-10-18(8-7-17-14)15-9-11(2)5-6-13(15)16/h5-6,9,12,14,17H,4,7-8,10H2,1-3H3. The Morgan fingerprint density at radius 2 is 2.28 bits per heavy atom. The highest BCUT2D eigenvalue weighted by Crippen LogP contribution is 2.29. The number of piperazine rings is 1. The summed E-state index contributed by atoms with van der Waals surface area (Å²) in [5.41, 5.74) is 2.66. The van der Waals surface area contributed by atoms with Crippen LogP contribution in [0.4, 0.5) is 5.69 Å². The van der Waals surface area contributed by atoms with Crippen LogP contribution in [0.5, 0.6) is 0 Å². The Balaban J connectivity index is 2.15. The van der Waals surface area contributed by atoms with E-state index in [0.29, 0.717) is 6.04 Å². The Morgan fingerprint density at radius 1 is 1.50 bits per heavy atom. The number of hydrogen-bond donors (Lipinski definition) is 1. The maximum atomic E-state index is 3.68.